The van der Waals surface area contributed by atoms with E-state index in [-0.39, 0.29) is 18.3 Å². The Bertz CT molecular complexity index is 957. The van der Waals surface area contributed by atoms with Crippen LogP contribution in [0.15, 0.2) is 48.5 Å². The molecule has 170 valence electrons. The highest BCUT2D eigenvalue weighted by atomic mass is 16.5. The van der Waals surface area contributed by atoms with Crippen LogP contribution >= 0.6 is 0 Å². The van der Waals surface area contributed by atoms with Gasteiger partial charge in [0.05, 0.1) is 18.6 Å². The maximum atomic E-state index is 12.9. The number of piperidine rings is 1. The summed E-state index contributed by atoms with van der Waals surface area (Å²) in [5, 5.41) is 3.16. The van der Waals surface area contributed by atoms with Gasteiger partial charge in [-0.2, -0.15) is 0 Å². The Morgan fingerprint density at radius 1 is 1.03 bits per heavy atom. The monoisotopic (exact) mass is 434 g/mol. The summed E-state index contributed by atoms with van der Waals surface area (Å²) >= 11 is 0. The van der Waals surface area contributed by atoms with Gasteiger partial charge in [0.2, 0.25) is 5.91 Å². The molecule has 0 unspecified atom stereocenters. The van der Waals surface area contributed by atoms with Crippen molar-refractivity contribution in [3.63, 3.8) is 0 Å². The van der Waals surface area contributed by atoms with E-state index < -0.39 is 0 Å². The lowest BCUT2D eigenvalue weighted by Gasteiger charge is -2.32. The molecule has 0 atom stereocenters. The minimum absolute atomic E-state index is 0.0681. The molecule has 0 saturated carbocycles. The molecule has 1 fully saturated rings. The lowest BCUT2D eigenvalue weighted by atomic mass is 9.99. The Labute approximate surface area is 191 Å². The fraction of sp³-hybridized carbons (Fsp3) is 0.407. The molecule has 5 nitrogen and oxygen atoms in total. The predicted octanol–water partition coefficient (Wildman–Crippen LogP) is 5.27. The smallest absolute Gasteiger partial charge is 0.338 e. The van der Waals surface area contributed by atoms with Gasteiger partial charge in [-0.1, -0.05) is 37.3 Å². The van der Waals surface area contributed by atoms with E-state index in [0.717, 1.165) is 41.9 Å². The van der Waals surface area contributed by atoms with E-state index in [2.05, 4.69) is 48.3 Å². The first-order chi connectivity index (χ1) is 15.5. The van der Waals surface area contributed by atoms with Crippen LogP contribution in [0.1, 0.15) is 66.6 Å². The number of hydrogen-bond acceptors (Lipinski definition) is 4. The van der Waals surface area contributed by atoms with E-state index in [9.17, 15) is 9.59 Å². The first-order valence-electron chi connectivity index (χ1n) is 11.6. The number of nitrogens with zero attached hydrogens (tertiary/aromatic N) is 1. The van der Waals surface area contributed by atoms with Crippen molar-refractivity contribution >= 4 is 23.3 Å². The molecular weight excluding hydrogens is 400 g/mol. The second kappa shape index (κ2) is 11.5. The van der Waals surface area contributed by atoms with Crippen molar-refractivity contribution in [2.75, 3.05) is 24.6 Å². The number of allylic oxidation sites excluding steroid dienone is 1. The summed E-state index contributed by atoms with van der Waals surface area (Å²) in [5.41, 5.74) is 5.69. The van der Waals surface area contributed by atoms with E-state index in [1.165, 1.54) is 24.9 Å². The van der Waals surface area contributed by atoms with Gasteiger partial charge in [0, 0.05) is 30.0 Å². The van der Waals surface area contributed by atoms with Gasteiger partial charge < -0.3 is 15.0 Å². The number of hydrogen-bond donors (Lipinski definition) is 1. The van der Waals surface area contributed by atoms with Gasteiger partial charge in [-0.25, -0.2) is 4.79 Å². The van der Waals surface area contributed by atoms with Crippen molar-refractivity contribution in [3.8, 4) is 0 Å². The average Bonchev–Trinajstić information content (AvgIpc) is 2.80. The maximum Gasteiger partial charge on any atom is 0.338 e. The number of amides is 1. The maximum absolute atomic E-state index is 12.9. The van der Waals surface area contributed by atoms with Crippen LogP contribution in [0.2, 0.25) is 0 Å². The third-order valence-electron chi connectivity index (χ3n) is 5.73. The Morgan fingerprint density at radius 2 is 1.75 bits per heavy atom. The highest BCUT2D eigenvalue weighted by molar-refractivity contribution is 5.92. The molecule has 1 heterocycles. The van der Waals surface area contributed by atoms with Crippen LogP contribution < -0.4 is 10.2 Å². The highest BCUT2D eigenvalue weighted by Crippen LogP contribution is 2.31. The Balaban J connectivity index is 1.77. The van der Waals surface area contributed by atoms with Crippen LogP contribution in [0.3, 0.4) is 0 Å². The zero-order chi connectivity index (χ0) is 22.9. The number of nitrogens with one attached hydrogen (secondary N) is 1. The molecule has 2 aromatic rings. The number of carbonyl (C=O) groups is 2. The highest BCUT2D eigenvalue weighted by Gasteiger charge is 2.19. The standard InChI is InChI=1S/C27H34N2O3/c1-4-10-23(26-20(3)11-9-12-24(26)29-17-7-6-8-18-29)28-25(30)19-21-13-15-22(16-14-21)27(31)32-5-2/h9-16H,4-8,17-19H2,1-3H3,(H,28,30)/b23-10+. The number of anilines is 1. The summed E-state index contributed by atoms with van der Waals surface area (Å²) < 4.78 is 5.02. The molecule has 1 aliphatic rings. The SMILES string of the molecule is CC/C=C(/NC(=O)Cc1ccc(C(=O)OCC)cc1)c1c(C)cccc1N1CCCCC1. The number of carbonyl (C=O) groups excluding carboxylic acids is 2. The van der Waals surface area contributed by atoms with Crippen LogP contribution in [-0.2, 0) is 16.0 Å². The summed E-state index contributed by atoms with van der Waals surface area (Å²) in [7, 11) is 0. The van der Waals surface area contributed by atoms with Gasteiger partial charge in [-0.3, -0.25) is 4.79 Å². The van der Waals surface area contributed by atoms with Crippen LogP contribution in [0.4, 0.5) is 5.69 Å². The lowest BCUT2D eigenvalue weighted by Crippen LogP contribution is -2.31. The summed E-state index contributed by atoms with van der Waals surface area (Å²) in [5.74, 6) is -0.414. The minimum atomic E-state index is -0.346. The van der Waals surface area contributed by atoms with E-state index in [1.54, 1.807) is 19.1 Å². The Hall–Kier alpha value is -3.08. The molecule has 1 aliphatic heterocycles. The predicted molar refractivity (Wildman–Crippen MR) is 130 cm³/mol. The van der Waals surface area contributed by atoms with E-state index in [1.807, 2.05) is 12.1 Å². The molecule has 0 aromatic heterocycles. The lowest BCUT2D eigenvalue weighted by molar-refractivity contribution is -0.119. The van der Waals surface area contributed by atoms with Crippen molar-refractivity contribution < 1.29 is 14.3 Å². The number of rotatable bonds is 8. The van der Waals surface area contributed by atoms with Gasteiger partial charge in [-0.15, -0.1) is 0 Å². The summed E-state index contributed by atoms with van der Waals surface area (Å²) in [4.78, 5) is 27.2. The van der Waals surface area contributed by atoms with Crippen molar-refractivity contribution in [3.05, 3.63) is 70.8 Å². The van der Waals surface area contributed by atoms with E-state index in [4.69, 9.17) is 4.74 Å². The third kappa shape index (κ3) is 6.00. The van der Waals surface area contributed by atoms with Crippen LogP contribution in [0, 0.1) is 6.92 Å². The molecule has 3 rings (SSSR count). The Morgan fingerprint density at radius 3 is 2.41 bits per heavy atom. The molecule has 0 radical (unpaired) electrons. The fourth-order valence-corrected chi connectivity index (χ4v) is 4.17. The zero-order valence-electron chi connectivity index (χ0n) is 19.4. The van der Waals surface area contributed by atoms with Crippen LogP contribution in [-0.4, -0.2) is 31.6 Å². The van der Waals surface area contributed by atoms with Crippen LogP contribution in [0.25, 0.3) is 5.70 Å². The number of aryl methyl sites for hydroxylation is 1. The molecule has 1 amide bonds. The molecule has 2 aromatic carbocycles. The minimum Gasteiger partial charge on any atom is -0.462 e. The van der Waals surface area contributed by atoms with Crippen LogP contribution in [0.5, 0.6) is 0 Å². The summed E-state index contributed by atoms with van der Waals surface area (Å²) in [6.07, 6.45) is 6.86. The van der Waals surface area contributed by atoms with Crippen molar-refractivity contribution in [2.24, 2.45) is 0 Å². The van der Waals surface area contributed by atoms with Gasteiger partial charge in [0.25, 0.3) is 0 Å². The first-order valence-corrected chi connectivity index (χ1v) is 11.6. The second-order valence-electron chi connectivity index (χ2n) is 8.19. The molecule has 0 aliphatic carbocycles. The molecule has 1 saturated heterocycles. The topological polar surface area (TPSA) is 58.6 Å². The summed E-state index contributed by atoms with van der Waals surface area (Å²) in [6, 6.07) is 13.4. The molecular formula is C27H34N2O3. The largest absolute Gasteiger partial charge is 0.462 e. The van der Waals surface area contributed by atoms with Gasteiger partial charge in [0.15, 0.2) is 0 Å². The normalized spacial score (nSPS) is 14.2. The third-order valence-corrected chi connectivity index (χ3v) is 5.73. The van der Waals surface area contributed by atoms with Crippen molar-refractivity contribution in [2.45, 2.75) is 52.9 Å². The fourth-order valence-electron chi connectivity index (χ4n) is 4.17. The van der Waals surface area contributed by atoms with Gasteiger partial charge >= 0.3 is 5.97 Å². The molecule has 32 heavy (non-hydrogen) atoms. The summed E-state index contributed by atoms with van der Waals surface area (Å²) in [6.45, 7) is 8.41. The molecule has 0 spiro atoms. The first kappa shape index (κ1) is 23.6. The number of benzene rings is 2. The number of esters is 1. The van der Waals surface area contributed by atoms with Crippen molar-refractivity contribution in [1.82, 2.24) is 5.32 Å². The Kier molecular flexibility index (Phi) is 8.48. The van der Waals surface area contributed by atoms with Gasteiger partial charge in [-0.05, 0) is 68.9 Å². The number of ether oxygens (including phenoxy) is 1. The van der Waals surface area contributed by atoms with E-state index in [0.29, 0.717) is 12.2 Å². The quantitative estimate of drug-likeness (QED) is 0.575. The van der Waals surface area contributed by atoms with E-state index >= 15 is 0 Å². The average molecular weight is 435 g/mol. The zero-order valence-corrected chi connectivity index (χ0v) is 19.4. The molecule has 1 N–H and O–H groups in total. The van der Waals surface area contributed by atoms with Crippen molar-refractivity contribution in [1.29, 1.82) is 0 Å². The second-order valence-corrected chi connectivity index (χ2v) is 8.19. The molecule has 5 heteroatoms. The van der Waals surface area contributed by atoms with Gasteiger partial charge in [0.1, 0.15) is 0 Å². The molecule has 0 bridgehead atoms.